The highest BCUT2D eigenvalue weighted by Crippen LogP contribution is 2.11. The Morgan fingerprint density at radius 1 is 2.00 bits per heavy atom. The maximum Gasteiger partial charge on any atom is 0.164 e. The van der Waals surface area contributed by atoms with Crippen LogP contribution < -0.4 is 0 Å². The number of aliphatic hydroxyl groups excluding tert-OH is 1. The topological polar surface area (TPSA) is 35.8 Å². The first-order valence-corrected chi connectivity index (χ1v) is 2.83. The van der Waals surface area contributed by atoms with Crippen molar-refractivity contribution in [2.24, 2.45) is 5.10 Å². The molecule has 1 heterocycles. The summed E-state index contributed by atoms with van der Waals surface area (Å²) in [6, 6.07) is 0. The third-order valence-corrected chi connectivity index (χ3v) is 1.34. The zero-order valence-electron chi connectivity index (χ0n) is 5.41. The fraction of sp³-hybridized carbons (Fsp3) is 0.500. The summed E-state index contributed by atoms with van der Waals surface area (Å²) in [6.07, 6.45) is 1.83. The quantitative estimate of drug-likeness (QED) is 0.470. The lowest BCUT2D eigenvalue weighted by molar-refractivity contribution is 0.0504. The molecule has 0 aromatic rings. The molecule has 9 heavy (non-hydrogen) atoms. The molecular formula is C6H10N2O. The van der Waals surface area contributed by atoms with Crippen LogP contribution in [0.4, 0.5) is 0 Å². The van der Waals surface area contributed by atoms with Crippen LogP contribution in [0, 0.1) is 0 Å². The van der Waals surface area contributed by atoms with Crippen molar-refractivity contribution in [3.63, 3.8) is 0 Å². The largest absolute Gasteiger partial charge is 0.368 e. The molecule has 1 aliphatic heterocycles. The molecule has 0 aliphatic carbocycles. The van der Waals surface area contributed by atoms with Crippen LogP contribution >= 0.6 is 0 Å². The number of nitrogens with zero attached hydrogens (tertiary/aromatic N) is 2. The van der Waals surface area contributed by atoms with Gasteiger partial charge in [-0.1, -0.05) is 6.58 Å². The van der Waals surface area contributed by atoms with Gasteiger partial charge in [0.15, 0.2) is 6.23 Å². The highest BCUT2D eigenvalue weighted by atomic mass is 16.3. The summed E-state index contributed by atoms with van der Waals surface area (Å²) in [4.78, 5) is 0. The van der Waals surface area contributed by atoms with E-state index in [1.54, 1.807) is 13.3 Å². The van der Waals surface area contributed by atoms with E-state index < -0.39 is 6.23 Å². The Balaban J connectivity index is 2.69. The number of hydrogen-bond donors (Lipinski definition) is 1. The Bertz CT molecular complexity index is 153. The predicted molar refractivity (Wildman–Crippen MR) is 36.0 cm³/mol. The molecule has 0 fully saturated rings. The van der Waals surface area contributed by atoms with Gasteiger partial charge in [-0.3, -0.25) is 5.01 Å². The van der Waals surface area contributed by atoms with Crippen LogP contribution in [0.3, 0.4) is 0 Å². The summed E-state index contributed by atoms with van der Waals surface area (Å²) in [7, 11) is 1.71. The molecular weight excluding hydrogens is 116 g/mol. The van der Waals surface area contributed by atoms with E-state index in [-0.39, 0.29) is 0 Å². The second-order valence-electron chi connectivity index (χ2n) is 2.11. The van der Waals surface area contributed by atoms with Gasteiger partial charge in [0.25, 0.3) is 0 Å². The van der Waals surface area contributed by atoms with Crippen LogP contribution in [0.25, 0.3) is 0 Å². The van der Waals surface area contributed by atoms with Gasteiger partial charge >= 0.3 is 0 Å². The normalized spacial score (nSPS) is 27.1. The fourth-order valence-electron chi connectivity index (χ4n) is 0.720. The Kier molecular flexibility index (Phi) is 1.53. The lowest BCUT2D eigenvalue weighted by Crippen LogP contribution is -2.31. The molecule has 1 aliphatic rings. The lowest BCUT2D eigenvalue weighted by atomic mass is 10.2. The third kappa shape index (κ3) is 1.10. The molecule has 0 aromatic heterocycles. The number of hydrogen-bond acceptors (Lipinski definition) is 3. The Morgan fingerprint density at radius 3 is 3.11 bits per heavy atom. The van der Waals surface area contributed by atoms with Crippen molar-refractivity contribution in [3.05, 3.63) is 12.2 Å². The highest BCUT2D eigenvalue weighted by molar-refractivity contribution is 5.62. The minimum absolute atomic E-state index is 0.588. The number of rotatable bonds is 0. The molecule has 0 saturated carbocycles. The van der Waals surface area contributed by atoms with Gasteiger partial charge in [-0.2, -0.15) is 5.10 Å². The first kappa shape index (κ1) is 6.29. The van der Waals surface area contributed by atoms with Gasteiger partial charge < -0.3 is 5.11 Å². The molecule has 1 rings (SSSR count). The van der Waals surface area contributed by atoms with Crippen LogP contribution in [-0.4, -0.2) is 29.6 Å². The first-order chi connectivity index (χ1) is 4.22. The van der Waals surface area contributed by atoms with Crippen molar-refractivity contribution in [2.45, 2.75) is 12.6 Å². The average molecular weight is 126 g/mol. The standard InChI is InChI=1S/C6H10N2O/c1-5-3-4-7-8(2)6(5)9/h4,6,9H,1,3H2,2H3. The summed E-state index contributed by atoms with van der Waals surface area (Å²) < 4.78 is 0. The van der Waals surface area contributed by atoms with Crippen LogP contribution in [0.15, 0.2) is 17.3 Å². The van der Waals surface area contributed by atoms with Crippen LogP contribution in [0.2, 0.25) is 0 Å². The summed E-state index contributed by atoms with van der Waals surface area (Å²) in [5.74, 6) is 0. The van der Waals surface area contributed by atoms with E-state index in [0.29, 0.717) is 6.42 Å². The van der Waals surface area contributed by atoms with Crippen molar-refractivity contribution in [1.29, 1.82) is 0 Å². The van der Waals surface area contributed by atoms with Gasteiger partial charge in [0, 0.05) is 19.7 Å². The minimum Gasteiger partial charge on any atom is -0.368 e. The van der Waals surface area contributed by atoms with Gasteiger partial charge in [0.2, 0.25) is 0 Å². The van der Waals surface area contributed by atoms with Crippen molar-refractivity contribution in [3.8, 4) is 0 Å². The molecule has 0 radical (unpaired) electrons. The van der Waals surface area contributed by atoms with Crippen LogP contribution in [0.1, 0.15) is 6.42 Å². The zero-order valence-corrected chi connectivity index (χ0v) is 5.41. The molecule has 3 nitrogen and oxygen atoms in total. The molecule has 0 saturated heterocycles. The molecule has 1 N–H and O–H groups in total. The van der Waals surface area contributed by atoms with Crippen molar-refractivity contribution in [1.82, 2.24) is 5.01 Å². The van der Waals surface area contributed by atoms with E-state index in [4.69, 9.17) is 5.11 Å². The second-order valence-corrected chi connectivity index (χ2v) is 2.11. The summed E-state index contributed by atoms with van der Waals surface area (Å²) in [6.45, 7) is 3.66. The monoisotopic (exact) mass is 126 g/mol. The second kappa shape index (κ2) is 2.19. The van der Waals surface area contributed by atoms with E-state index >= 15 is 0 Å². The smallest absolute Gasteiger partial charge is 0.164 e. The van der Waals surface area contributed by atoms with E-state index in [1.807, 2.05) is 0 Å². The average Bonchev–Trinajstić information content (AvgIpc) is 1.83. The zero-order chi connectivity index (χ0) is 6.85. The van der Waals surface area contributed by atoms with Gasteiger partial charge in [-0.15, -0.1) is 0 Å². The van der Waals surface area contributed by atoms with E-state index in [0.717, 1.165) is 5.57 Å². The molecule has 0 amide bonds. The van der Waals surface area contributed by atoms with Crippen molar-refractivity contribution < 1.29 is 5.11 Å². The lowest BCUT2D eigenvalue weighted by Gasteiger charge is -2.24. The van der Waals surface area contributed by atoms with Crippen LogP contribution in [-0.2, 0) is 0 Å². The molecule has 0 aromatic carbocycles. The summed E-state index contributed by atoms with van der Waals surface area (Å²) in [5, 5.41) is 14.5. The molecule has 1 atom stereocenters. The number of aliphatic hydroxyl groups is 1. The maximum atomic E-state index is 9.16. The van der Waals surface area contributed by atoms with E-state index in [2.05, 4.69) is 11.7 Å². The van der Waals surface area contributed by atoms with Gasteiger partial charge in [0.05, 0.1) is 0 Å². The maximum absolute atomic E-state index is 9.16. The number of hydrazone groups is 1. The minimum atomic E-state index is -0.588. The van der Waals surface area contributed by atoms with Gasteiger partial charge in [-0.25, -0.2) is 0 Å². The third-order valence-electron chi connectivity index (χ3n) is 1.34. The molecule has 50 valence electrons. The molecule has 3 heteroatoms. The summed E-state index contributed by atoms with van der Waals surface area (Å²) >= 11 is 0. The van der Waals surface area contributed by atoms with Gasteiger partial charge in [0.1, 0.15) is 0 Å². The van der Waals surface area contributed by atoms with Crippen molar-refractivity contribution >= 4 is 6.21 Å². The first-order valence-electron chi connectivity index (χ1n) is 2.83. The Morgan fingerprint density at radius 2 is 2.67 bits per heavy atom. The molecule has 0 bridgehead atoms. The SMILES string of the molecule is C=C1CC=NN(C)C1O. The summed E-state index contributed by atoms with van der Waals surface area (Å²) in [5.41, 5.74) is 0.799. The highest BCUT2D eigenvalue weighted by Gasteiger charge is 2.14. The Hall–Kier alpha value is -0.830. The Labute approximate surface area is 54.3 Å². The van der Waals surface area contributed by atoms with Gasteiger partial charge in [-0.05, 0) is 5.57 Å². The van der Waals surface area contributed by atoms with E-state index in [9.17, 15) is 0 Å². The molecule has 1 unspecified atom stereocenters. The molecule has 0 spiro atoms. The predicted octanol–water partition coefficient (Wildman–Crippen LogP) is 0.182. The van der Waals surface area contributed by atoms with Crippen LogP contribution in [0.5, 0.6) is 0 Å². The fourth-order valence-corrected chi connectivity index (χ4v) is 0.720. The van der Waals surface area contributed by atoms with E-state index in [1.165, 1.54) is 5.01 Å². The number of likely N-dealkylation sites (N-methyl/N-ethyl adjacent to an activating group) is 1. The van der Waals surface area contributed by atoms with Crippen molar-refractivity contribution in [2.75, 3.05) is 7.05 Å².